The first kappa shape index (κ1) is 11.1. The van der Waals surface area contributed by atoms with E-state index < -0.39 is 0 Å². The first-order chi connectivity index (χ1) is 6.59. The maximum absolute atomic E-state index is 7.32. The van der Waals surface area contributed by atoms with Gasteiger partial charge in [0.1, 0.15) is 5.84 Å². The number of nitrogens with one attached hydrogen (secondary N) is 1. The molecule has 1 aromatic rings. The minimum atomic E-state index is 0.140. The lowest BCUT2D eigenvalue weighted by atomic mass is 10.1. The van der Waals surface area contributed by atoms with Crippen LogP contribution in [0.1, 0.15) is 25.0 Å². The summed E-state index contributed by atoms with van der Waals surface area (Å²) in [6.45, 7) is 4.36. The van der Waals surface area contributed by atoms with Gasteiger partial charge in [0.05, 0.1) is 0 Å². The average molecular weight is 208 g/mol. The Balaban J connectivity index is 2.69. The van der Waals surface area contributed by atoms with E-state index in [1.165, 1.54) is 5.56 Å². The minimum absolute atomic E-state index is 0.140. The molecule has 0 bridgehead atoms. The molecule has 0 fully saturated rings. The summed E-state index contributed by atoms with van der Waals surface area (Å²) in [5, 5.41) is 7.95. The van der Waals surface area contributed by atoms with Gasteiger partial charge in [-0.3, -0.25) is 5.41 Å². The fourth-order valence-corrected chi connectivity index (χ4v) is 1.80. The van der Waals surface area contributed by atoms with Crippen LogP contribution in [-0.2, 0) is 5.75 Å². The second-order valence-corrected chi connectivity index (χ2v) is 5.04. The van der Waals surface area contributed by atoms with Crippen LogP contribution in [0.25, 0.3) is 0 Å². The molecule has 3 N–H and O–H groups in total. The highest BCUT2D eigenvalue weighted by Crippen LogP contribution is 2.17. The van der Waals surface area contributed by atoms with Gasteiger partial charge in [-0.1, -0.05) is 32.0 Å². The van der Waals surface area contributed by atoms with E-state index in [4.69, 9.17) is 11.1 Å². The molecule has 2 nitrogen and oxygen atoms in total. The zero-order valence-electron chi connectivity index (χ0n) is 8.58. The number of benzene rings is 1. The maximum Gasteiger partial charge on any atom is 0.122 e. The van der Waals surface area contributed by atoms with Crippen LogP contribution in [0.4, 0.5) is 0 Å². The molecule has 0 unspecified atom stereocenters. The summed E-state index contributed by atoms with van der Waals surface area (Å²) in [5.41, 5.74) is 7.46. The van der Waals surface area contributed by atoms with Crippen LogP contribution in [0, 0.1) is 5.41 Å². The maximum atomic E-state index is 7.32. The number of nitrogen functional groups attached to an aromatic ring is 1. The van der Waals surface area contributed by atoms with Gasteiger partial charge in [-0.2, -0.15) is 11.8 Å². The predicted octanol–water partition coefficient (Wildman–Crippen LogP) is 2.61. The van der Waals surface area contributed by atoms with Crippen LogP contribution in [0.3, 0.4) is 0 Å². The van der Waals surface area contributed by atoms with E-state index in [-0.39, 0.29) is 5.84 Å². The van der Waals surface area contributed by atoms with Crippen molar-refractivity contribution in [3.63, 3.8) is 0 Å². The molecule has 0 aromatic heterocycles. The third-order valence-corrected chi connectivity index (χ3v) is 2.99. The van der Waals surface area contributed by atoms with Gasteiger partial charge in [0.25, 0.3) is 0 Å². The van der Waals surface area contributed by atoms with E-state index >= 15 is 0 Å². The molecule has 0 amide bonds. The van der Waals surface area contributed by atoms with Crippen LogP contribution in [0.2, 0.25) is 0 Å². The van der Waals surface area contributed by atoms with Gasteiger partial charge in [-0.05, 0) is 16.9 Å². The molecule has 0 atom stereocenters. The predicted molar refractivity (Wildman–Crippen MR) is 63.9 cm³/mol. The monoisotopic (exact) mass is 208 g/mol. The number of hydrogen-bond donors (Lipinski definition) is 2. The molecule has 1 aromatic carbocycles. The van der Waals surface area contributed by atoms with Gasteiger partial charge in [0, 0.05) is 11.3 Å². The fourth-order valence-electron chi connectivity index (χ4n) is 1.09. The van der Waals surface area contributed by atoms with E-state index in [2.05, 4.69) is 19.9 Å². The van der Waals surface area contributed by atoms with Crippen molar-refractivity contribution in [3.8, 4) is 0 Å². The van der Waals surface area contributed by atoms with Gasteiger partial charge < -0.3 is 5.73 Å². The second kappa shape index (κ2) is 5.05. The lowest BCUT2D eigenvalue weighted by Gasteiger charge is -2.06. The third-order valence-electron chi connectivity index (χ3n) is 1.82. The number of nitrogens with two attached hydrogens (primary N) is 1. The molecule has 0 radical (unpaired) electrons. The number of thioether (sulfide) groups is 1. The first-order valence-electron chi connectivity index (χ1n) is 4.64. The van der Waals surface area contributed by atoms with Crippen LogP contribution >= 0.6 is 11.8 Å². The summed E-state index contributed by atoms with van der Waals surface area (Å²) < 4.78 is 0. The highest BCUT2D eigenvalue weighted by molar-refractivity contribution is 7.99. The molecule has 0 aliphatic carbocycles. The van der Waals surface area contributed by atoms with Crippen LogP contribution in [0.5, 0.6) is 0 Å². The highest BCUT2D eigenvalue weighted by Gasteiger charge is 2.00. The molecule has 0 spiro atoms. The number of amidine groups is 1. The number of hydrogen-bond acceptors (Lipinski definition) is 2. The first-order valence-corrected chi connectivity index (χ1v) is 5.69. The zero-order valence-corrected chi connectivity index (χ0v) is 9.40. The van der Waals surface area contributed by atoms with Gasteiger partial charge >= 0.3 is 0 Å². The van der Waals surface area contributed by atoms with E-state index in [1.54, 1.807) is 0 Å². The van der Waals surface area contributed by atoms with E-state index in [0.29, 0.717) is 5.25 Å². The van der Waals surface area contributed by atoms with E-state index in [9.17, 15) is 0 Å². The molecule has 0 saturated carbocycles. The Labute approximate surface area is 89.4 Å². The lowest BCUT2D eigenvalue weighted by molar-refractivity contribution is 1.11. The Bertz CT molecular complexity index is 321. The average Bonchev–Trinajstić information content (AvgIpc) is 2.15. The van der Waals surface area contributed by atoms with Crippen LogP contribution in [0.15, 0.2) is 24.3 Å². The van der Waals surface area contributed by atoms with Gasteiger partial charge in [-0.25, -0.2) is 0 Å². The Kier molecular flexibility index (Phi) is 4.01. The van der Waals surface area contributed by atoms with Crippen molar-refractivity contribution in [3.05, 3.63) is 35.4 Å². The SMILES string of the molecule is CC(C)SCc1cccc(C(=N)N)c1. The van der Waals surface area contributed by atoms with Crippen molar-refractivity contribution in [2.45, 2.75) is 24.9 Å². The Hall–Kier alpha value is -0.960. The van der Waals surface area contributed by atoms with Crippen molar-refractivity contribution in [2.24, 2.45) is 5.73 Å². The van der Waals surface area contributed by atoms with E-state index in [0.717, 1.165) is 11.3 Å². The van der Waals surface area contributed by atoms with Gasteiger partial charge in [0.2, 0.25) is 0 Å². The van der Waals surface area contributed by atoms with Crippen molar-refractivity contribution in [1.29, 1.82) is 5.41 Å². The molecule has 0 saturated heterocycles. The Morgan fingerprint density at radius 3 is 2.79 bits per heavy atom. The van der Waals surface area contributed by atoms with Crippen LogP contribution < -0.4 is 5.73 Å². The quantitative estimate of drug-likeness (QED) is 0.590. The molecule has 0 aliphatic heterocycles. The van der Waals surface area contributed by atoms with E-state index in [1.807, 2.05) is 30.0 Å². The molecule has 14 heavy (non-hydrogen) atoms. The number of rotatable bonds is 4. The van der Waals surface area contributed by atoms with Crippen molar-refractivity contribution >= 4 is 17.6 Å². The smallest absolute Gasteiger partial charge is 0.122 e. The topological polar surface area (TPSA) is 49.9 Å². The molecular weight excluding hydrogens is 192 g/mol. The Morgan fingerprint density at radius 1 is 1.50 bits per heavy atom. The summed E-state index contributed by atoms with van der Waals surface area (Å²) in [6, 6.07) is 7.87. The van der Waals surface area contributed by atoms with Gasteiger partial charge in [-0.15, -0.1) is 0 Å². The second-order valence-electron chi connectivity index (χ2n) is 3.47. The molecule has 1 rings (SSSR count). The molecule has 0 heterocycles. The molecular formula is C11H16N2S. The van der Waals surface area contributed by atoms with Crippen molar-refractivity contribution in [2.75, 3.05) is 0 Å². The largest absolute Gasteiger partial charge is 0.384 e. The zero-order chi connectivity index (χ0) is 10.6. The summed E-state index contributed by atoms with van der Waals surface area (Å²) in [7, 11) is 0. The third kappa shape index (κ3) is 3.42. The summed E-state index contributed by atoms with van der Waals surface area (Å²) in [6.07, 6.45) is 0. The molecule has 76 valence electrons. The normalized spacial score (nSPS) is 10.5. The van der Waals surface area contributed by atoms with Crippen LogP contribution in [-0.4, -0.2) is 11.1 Å². The fraction of sp³-hybridized carbons (Fsp3) is 0.364. The summed E-state index contributed by atoms with van der Waals surface area (Å²) in [5.74, 6) is 1.13. The molecule has 0 aliphatic rings. The summed E-state index contributed by atoms with van der Waals surface area (Å²) in [4.78, 5) is 0. The molecule has 3 heteroatoms. The van der Waals surface area contributed by atoms with Crippen molar-refractivity contribution < 1.29 is 0 Å². The Morgan fingerprint density at radius 2 is 2.21 bits per heavy atom. The lowest BCUT2D eigenvalue weighted by Crippen LogP contribution is -2.10. The van der Waals surface area contributed by atoms with Crippen molar-refractivity contribution in [1.82, 2.24) is 0 Å². The minimum Gasteiger partial charge on any atom is -0.384 e. The standard InChI is InChI=1S/C11H16N2S/c1-8(2)14-7-9-4-3-5-10(6-9)11(12)13/h3-6,8H,7H2,1-2H3,(H3,12,13). The highest BCUT2D eigenvalue weighted by atomic mass is 32.2. The summed E-state index contributed by atoms with van der Waals surface area (Å²) >= 11 is 1.89. The van der Waals surface area contributed by atoms with Gasteiger partial charge in [0.15, 0.2) is 0 Å².